The minimum atomic E-state index is 0.0462. The lowest BCUT2D eigenvalue weighted by Gasteiger charge is -2.28. The van der Waals surface area contributed by atoms with Crippen molar-refractivity contribution >= 4 is 17.5 Å². The first kappa shape index (κ1) is 16.8. The summed E-state index contributed by atoms with van der Waals surface area (Å²) in [5.74, 6) is 1.72. The maximum absolute atomic E-state index is 12.1. The van der Waals surface area contributed by atoms with Crippen LogP contribution < -0.4 is 5.32 Å². The van der Waals surface area contributed by atoms with Crippen LogP contribution in [0.1, 0.15) is 65.7 Å². The van der Waals surface area contributed by atoms with Gasteiger partial charge < -0.3 is 5.32 Å². The predicted molar refractivity (Wildman–Crippen MR) is 82.5 cm³/mol. The van der Waals surface area contributed by atoms with Crippen molar-refractivity contribution in [1.82, 2.24) is 5.32 Å². The molecule has 0 saturated heterocycles. The van der Waals surface area contributed by atoms with Crippen LogP contribution in [0.4, 0.5) is 0 Å². The molecule has 0 aromatic rings. The van der Waals surface area contributed by atoms with Gasteiger partial charge in [0, 0.05) is 12.5 Å². The minimum Gasteiger partial charge on any atom is -0.354 e. The number of hydrogen-bond acceptors (Lipinski definition) is 1. The van der Waals surface area contributed by atoms with Crippen LogP contribution in [0.5, 0.6) is 0 Å². The number of amides is 1. The lowest BCUT2D eigenvalue weighted by molar-refractivity contribution is -0.126. The summed E-state index contributed by atoms with van der Waals surface area (Å²) in [6.07, 6.45) is 8.56. The zero-order valence-corrected chi connectivity index (χ0v) is 13.5. The van der Waals surface area contributed by atoms with Crippen LogP contribution in [-0.2, 0) is 4.79 Å². The average Bonchev–Trinajstić information content (AvgIpc) is 2.42. The first-order chi connectivity index (χ1) is 9.04. The molecule has 2 nitrogen and oxygen atoms in total. The quantitative estimate of drug-likeness (QED) is 0.693. The first-order valence-electron chi connectivity index (χ1n) is 7.96. The van der Waals surface area contributed by atoms with E-state index in [1.54, 1.807) is 0 Å². The standard InChI is InChI=1S/C16H30ClNO/c1-4-5-6-13-7-9-14(10-8-13)16(19)18-11-15(17)12(2)3/h12-15H,4-11H2,1-3H3,(H,18,19). The number of hydrogen-bond donors (Lipinski definition) is 1. The molecule has 1 aliphatic rings. The average molecular weight is 288 g/mol. The number of carbonyl (C=O) groups excluding carboxylic acids is 1. The molecule has 1 aliphatic carbocycles. The molecular formula is C16H30ClNO. The van der Waals surface area contributed by atoms with Crippen LogP contribution in [0.15, 0.2) is 0 Å². The third-order valence-electron chi connectivity index (χ3n) is 4.38. The molecule has 0 aromatic heterocycles. The second kappa shape index (κ2) is 8.84. The number of unbranched alkanes of at least 4 members (excludes halogenated alkanes) is 1. The normalized spacial score (nSPS) is 25.3. The van der Waals surface area contributed by atoms with E-state index in [4.69, 9.17) is 11.6 Å². The molecule has 1 rings (SSSR count). The van der Waals surface area contributed by atoms with E-state index < -0.39 is 0 Å². The molecule has 0 radical (unpaired) electrons. The Labute approximate surface area is 123 Å². The van der Waals surface area contributed by atoms with Gasteiger partial charge in [-0.2, -0.15) is 0 Å². The van der Waals surface area contributed by atoms with Crippen molar-refractivity contribution in [2.24, 2.45) is 17.8 Å². The Bertz CT molecular complexity index is 259. The number of alkyl halides is 1. The van der Waals surface area contributed by atoms with E-state index in [9.17, 15) is 4.79 Å². The first-order valence-corrected chi connectivity index (χ1v) is 8.40. The van der Waals surface area contributed by atoms with Gasteiger partial charge in [0.05, 0.1) is 5.38 Å². The van der Waals surface area contributed by atoms with Gasteiger partial charge in [0.2, 0.25) is 5.91 Å². The van der Waals surface area contributed by atoms with E-state index in [-0.39, 0.29) is 17.2 Å². The summed E-state index contributed by atoms with van der Waals surface area (Å²) in [6.45, 7) is 7.02. The summed E-state index contributed by atoms with van der Waals surface area (Å²) < 4.78 is 0. The molecule has 1 N–H and O–H groups in total. The van der Waals surface area contributed by atoms with Crippen molar-refractivity contribution in [3.63, 3.8) is 0 Å². The molecule has 0 aliphatic heterocycles. The largest absolute Gasteiger partial charge is 0.354 e. The van der Waals surface area contributed by atoms with Gasteiger partial charge in [-0.05, 0) is 37.5 Å². The van der Waals surface area contributed by atoms with Gasteiger partial charge in [-0.3, -0.25) is 4.79 Å². The molecule has 0 heterocycles. The molecular weight excluding hydrogens is 258 g/mol. The van der Waals surface area contributed by atoms with Gasteiger partial charge in [-0.1, -0.05) is 40.0 Å². The third-order valence-corrected chi connectivity index (χ3v) is 5.04. The van der Waals surface area contributed by atoms with Crippen molar-refractivity contribution in [1.29, 1.82) is 0 Å². The summed E-state index contributed by atoms with van der Waals surface area (Å²) in [7, 11) is 0. The van der Waals surface area contributed by atoms with Gasteiger partial charge in [0.1, 0.15) is 0 Å². The van der Waals surface area contributed by atoms with E-state index >= 15 is 0 Å². The number of carbonyl (C=O) groups is 1. The number of halogens is 1. The molecule has 0 aromatic carbocycles. The summed E-state index contributed by atoms with van der Waals surface area (Å²) in [4.78, 5) is 12.1. The Morgan fingerprint density at radius 1 is 1.26 bits per heavy atom. The van der Waals surface area contributed by atoms with Crippen LogP contribution in [-0.4, -0.2) is 17.8 Å². The minimum absolute atomic E-state index is 0.0462. The summed E-state index contributed by atoms with van der Waals surface area (Å²) in [5, 5.41) is 3.07. The Balaban J connectivity index is 2.21. The van der Waals surface area contributed by atoms with Crippen molar-refractivity contribution in [3.05, 3.63) is 0 Å². The van der Waals surface area contributed by atoms with Crippen molar-refractivity contribution in [2.45, 2.75) is 71.1 Å². The predicted octanol–water partition coefficient (Wildman–Crippen LogP) is 4.36. The molecule has 0 bridgehead atoms. The van der Waals surface area contributed by atoms with Crippen LogP contribution in [0.25, 0.3) is 0 Å². The zero-order chi connectivity index (χ0) is 14.3. The Morgan fingerprint density at radius 3 is 2.42 bits per heavy atom. The highest BCUT2D eigenvalue weighted by Gasteiger charge is 2.26. The van der Waals surface area contributed by atoms with Gasteiger partial charge in [-0.15, -0.1) is 11.6 Å². The smallest absolute Gasteiger partial charge is 0.223 e. The fourth-order valence-electron chi connectivity index (χ4n) is 2.78. The van der Waals surface area contributed by atoms with Crippen LogP contribution in [0.2, 0.25) is 0 Å². The molecule has 1 unspecified atom stereocenters. The molecule has 0 spiro atoms. The SMILES string of the molecule is CCCCC1CCC(C(=O)NCC(Cl)C(C)C)CC1. The van der Waals surface area contributed by atoms with E-state index in [2.05, 4.69) is 26.1 Å². The van der Waals surface area contributed by atoms with Gasteiger partial charge in [0.15, 0.2) is 0 Å². The molecule has 19 heavy (non-hydrogen) atoms. The highest BCUT2D eigenvalue weighted by Crippen LogP contribution is 2.31. The van der Waals surface area contributed by atoms with Crippen molar-refractivity contribution < 1.29 is 4.79 Å². The zero-order valence-electron chi connectivity index (χ0n) is 12.8. The second-order valence-electron chi connectivity index (χ2n) is 6.37. The molecule has 1 saturated carbocycles. The summed E-state index contributed by atoms with van der Waals surface area (Å²) in [6, 6.07) is 0. The number of nitrogens with one attached hydrogen (secondary N) is 1. The third kappa shape index (κ3) is 6.16. The van der Waals surface area contributed by atoms with E-state index in [1.165, 1.54) is 32.1 Å². The Morgan fingerprint density at radius 2 is 1.89 bits per heavy atom. The summed E-state index contributed by atoms with van der Waals surface area (Å²) >= 11 is 6.16. The number of rotatable bonds is 7. The van der Waals surface area contributed by atoms with Crippen LogP contribution in [0, 0.1) is 17.8 Å². The van der Waals surface area contributed by atoms with E-state index in [0.717, 1.165) is 18.8 Å². The highest BCUT2D eigenvalue weighted by atomic mass is 35.5. The van der Waals surface area contributed by atoms with Crippen LogP contribution in [0.3, 0.4) is 0 Å². The summed E-state index contributed by atoms with van der Waals surface area (Å²) in [5.41, 5.74) is 0. The van der Waals surface area contributed by atoms with Crippen molar-refractivity contribution in [3.8, 4) is 0 Å². The maximum Gasteiger partial charge on any atom is 0.223 e. The molecule has 1 fully saturated rings. The van der Waals surface area contributed by atoms with Crippen molar-refractivity contribution in [2.75, 3.05) is 6.54 Å². The lowest BCUT2D eigenvalue weighted by Crippen LogP contribution is -2.37. The van der Waals surface area contributed by atoms with Gasteiger partial charge in [-0.25, -0.2) is 0 Å². The maximum atomic E-state index is 12.1. The Hall–Kier alpha value is -0.240. The molecule has 1 atom stereocenters. The molecule has 112 valence electrons. The fourth-order valence-corrected chi connectivity index (χ4v) is 2.86. The Kier molecular flexibility index (Phi) is 7.82. The molecule has 1 amide bonds. The topological polar surface area (TPSA) is 29.1 Å². The van der Waals surface area contributed by atoms with Gasteiger partial charge >= 0.3 is 0 Å². The fraction of sp³-hybridized carbons (Fsp3) is 0.938. The lowest BCUT2D eigenvalue weighted by atomic mass is 9.79. The van der Waals surface area contributed by atoms with E-state index in [1.807, 2.05) is 0 Å². The highest BCUT2D eigenvalue weighted by molar-refractivity contribution is 6.21. The van der Waals surface area contributed by atoms with Crippen LogP contribution >= 0.6 is 11.6 Å². The molecule has 3 heteroatoms. The monoisotopic (exact) mass is 287 g/mol. The van der Waals surface area contributed by atoms with E-state index in [0.29, 0.717) is 12.5 Å². The van der Waals surface area contributed by atoms with Gasteiger partial charge in [0.25, 0.3) is 0 Å². The second-order valence-corrected chi connectivity index (χ2v) is 6.93.